The maximum absolute atomic E-state index is 12.3. The highest BCUT2D eigenvalue weighted by molar-refractivity contribution is 5.74. The van der Waals surface area contributed by atoms with Crippen LogP contribution in [0.1, 0.15) is 18.1 Å². The molecule has 0 saturated carbocycles. The summed E-state index contributed by atoms with van der Waals surface area (Å²) in [5, 5.41) is 9.05. The number of carbonyl (C=O) groups excluding carboxylic acids is 1. The van der Waals surface area contributed by atoms with Crippen LogP contribution in [0.4, 0.5) is 8.78 Å². The summed E-state index contributed by atoms with van der Waals surface area (Å²) in [6.07, 6.45) is -0.229. The number of hydrogen-bond donors (Lipinski definition) is 0. The summed E-state index contributed by atoms with van der Waals surface area (Å²) in [6, 6.07) is 4.32. The van der Waals surface area contributed by atoms with Gasteiger partial charge < -0.3 is 14.2 Å². The van der Waals surface area contributed by atoms with Gasteiger partial charge in [-0.25, -0.2) is 0 Å². The van der Waals surface area contributed by atoms with E-state index in [-0.39, 0.29) is 35.7 Å². The van der Waals surface area contributed by atoms with Crippen molar-refractivity contribution >= 4 is 5.97 Å². The molecule has 0 bridgehead atoms. The topological polar surface area (TPSA) is 68.6 Å². The summed E-state index contributed by atoms with van der Waals surface area (Å²) in [7, 11) is 1.33. The van der Waals surface area contributed by atoms with Crippen molar-refractivity contribution in [2.75, 3.05) is 13.7 Å². The summed E-state index contributed by atoms with van der Waals surface area (Å²) >= 11 is 0. The molecule has 1 aromatic carbocycles. The Kier molecular flexibility index (Phi) is 5.72. The number of methoxy groups -OCH3 is 1. The quantitative estimate of drug-likeness (QED) is 0.750. The summed E-state index contributed by atoms with van der Waals surface area (Å²) < 4.78 is 38.6. The number of nitriles is 1. The predicted molar refractivity (Wildman–Crippen MR) is 64.7 cm³/mol. The van der Waals surface area contributed by atoms with E-state index in [1.165, 1.54) is 19.2 Å². The Labute approximate surface area is 114 Å². The number of alkyl halides is 2. The Morgan fingerprint density at radius 3 is 2.65 bits per heavy atom. The highest BCUT2D eigenvalue weighted by atomic mass is 19.3. The van der Waals surface area contributed by atoms with Gasteiger partial charge in [0.05, 0.1) is 25.7 Å². The van der Waals surface area contributed by atoms with E-state index in [2.05, 4.69) is 4.74 Å². The monoisotopic (exact) mass is 285 g/mol. The molecule has 0 aliphatic carbocycles. The van der Waals surface area contributed by atoms with E-state index in [0.29, 0.717) is 0 Å². The minimum absolute atomic E-state index is 0.140. The van der Waals surface area contributed by atoms with Gasteiger partial charge in [-0.15, -0.1) is 0 Å². The third-order valence-corrected chi connectivity index (χ3v) is 2.36. The van der Waals surface area contributed by atoms with E-state index in [9.17, 15) is 13.6 Å². The highest BCUT2D eigenvalue weighted by Gasteiger charge is 2.18. The number of esters is 1. The van der Waals surface area contributed by atoms with Gasteiger partial charge >= 0.3 is 12.6 Å². The molecular formula is C13H13F2NO4. The smallest absolute Gasteiger partial charge is 0.387 e. The number of hydrogen-bond acceptors (Lipinski definition) is 5. The molecule has 20 heavy (non-hydrogen) atoms. The van der Waals surface area contributed by atoms with Gasteiger partial charge in [-0.3, -0.25) is 4.79 Å². The summed E-state index contributed by atoms with van der Waals surface area (Å²) in [5.74, 6) is -0.694. The fourth-order valence-electron chi connectivity index (χ4n) is 1.59. The molecule has 0 radical (unpaired) electrons. The summed E-state index contributed by atoms with van der Waals surface area (Å²) in [5.41, 5.74) is 0.0695. The molecule has 7 heteroatoms. The van der Waals surface area contributed by atoms with E-state index < -0.39 is 12.6 Å². The summed E-state index contributed by atoms with van der Waals surface area (Å²) in [6.45, 7) is -1.25. The van der Waals surface area contributed by atoms with Gasteiger partial charge in [-0.1, -0.05) is 0 Å². The lowest BCUT2D eigenvalue weighted by Crippen LogP contribution is -2.11. The molecule has 0 saturated heterocycles. The maximum Gasteiger partial charge on any atom is 0.387 e. The Morgan fingerprint density at radius 2 is 2.15 bits per heavy atom. The molecule has 1 aromatic rings. The lowest BCUT2D eigenvalue weighted by Gasteiger charge is -2.12. The highest BCUT2D eigenvalue weighted by Crippen LogP contribution is 2.30. The third-order valence-electron chi connectivity index (χ3n) is 2.36. The third kappa shape index (κ3) is 4.09. The van der Waals surface area contributed by atoms with Crippen molar-refractivity contribution < 1.29 is 27.8 Å². The van der Waals surface area contributed by atoms with Crippen LogP contribution in [0.3, 0.4) is 0 Å². The minimum Gasteiger partial charge on any atom is -0.497 e. The second kappa shape index (κ2) is 7.28. The Balaban J connectivity index is 3.19. The summed E-state index contributed by atoms with van der Waals surface area (Å²) in [4.78, 5) is 11.5. The second-order valence-electron chi connectivity index (χ2n) is 3.63. The van der Waals surface area contributed by atoms with Crippen molar-refractivity contribution in [2.45, 2.75) is 20.0 Å². The van der Waals surface area contributed by atoms with Gasteiger partial charge in [-0.2, -0.15) is 14.0 Å². The lowest BCUT2D eigenvalue weighted by atomic mass is 10.0. The molecule has 0 atom stereocenters. The zero-order valence-corrected chi connectivity index (χ0v) is 11.0. The molecule has 0 aromatic heterocycles. The SMILES string of the molecule is CCOC(=O)Cc1cc(OC)cc(OC(F)F)c1C#N. The standard InChI is InChI=1S/C13H13F2NO4/c1-3-19-12(17)5-8-4-9(18-2)6-11(10(8)7-16)20-13(14)15/h4,6,13H,3,5H2,1-2H3. The molecule has 0 heterocycles. The van der Waals surface area contributed by atoms with Crippen LogP contribution in [-0.4, -0.2) is 26.3 Å². The van der Waals surface area contributed by atoms with Crippen LogP contribution in [0, 0.1) is 11.3 Å². The molecule has 0 aliphatic heterocycles. The van der Waals surface area contributed by atoms with Crippen molar-refractivity contribution in [3.63, 3.8) is 0 Å². The molecule has 0 amide bonds. The Hall–Kier alpha value is -2.36. The first-order chi connectivity index (χ1) is 9.51. The molecule has 0 spiro atoms. The fourth-order valence-corrected chi connectivity index (χ4v) is 1.59. The zero-order valence-electron chi connectivity index (χ0n) is 11.0. The van der Waals surface area contributed by atoms with Gasteiger partial charge in [0.25, 0.3) is 0 Å². The van der Waals surface area contributed by atoms with Crippen LogP contribution in [0.2, 0.25) is 0 Å². The van der Waals surface area contributed by atoms with Crippen molar-refractivity contribution in [1.82, 2.24) is 0 Å². The van der Waals surface area contributed by atoms with Crippen LogP contribution >= 0.6 is 0 Å². The normalized spacial score (nSPS) is 10.0. The van der Waals surface area contributed by atoms with Crippen molar-refractivity contribution in [3.05, 3.63) is 23.3 Å². The average Bonchev–Trinajstić information content (AvgIpc) is 2.37. The molecule has 108 valence electrons. The lowest BCUT2D eigenvalue weighted by molar-refractivity contribution is -0.142. The van der Waals surface area contributed by atoms with Gasteiger partial charge in [0.1, 0.15) is 17.6 Å². The Morgan fingerprint density at radius 1 is 1.45 bits per heavy atom. The van der Waals surface area contributed by atoms with Gasteiger partial charge in [0.15, 0.2) is 0 Å². The van der Waals surface area contributed by atoms with Crippen molar-refractivity contribution in [3.8, 4) is 17.6 Å². The Bertz CT molecular complexity index is 526. The average molecular weight is 285 g/mol. The minimum atomic E-state index is -3.08. The number of nitrogens with zero attached hydrogens (tertiary/aromatic N) is 1. The van der Waals surface area contributed by atoms with Crippen LogP contribution in [0.25, 0.3) is 0 Å². The second-order valence-corrected chi connectivity index (χ2v) is 3.63. The van der Waals surface area contributed by atoms with Gasteiger partial charge in [-0.05, 0) is 18.6 Å². The van der Waals surface area contributed by atoms with Crippen LogP contribution in [0.15, 0.2) is 12.1 Å². The molecule has 0 unspecified atom stereocenters. The number of carbonyl (C=O) groups is 1. The van der Waals surface area contributed by atoms with Crippen LogP contribution in [-0.2, 0) is 16.0 Å². The van der Waals surface area contributed by atoms with E-state index in [1.54, 1.807) is 13.0 Å². The number of halogens is 2. The predicted octanol–water partition coefficient (Wildman–Crippen LogP) is 2.27. The largest absolute Gasteiger partial charge is 0.497 e. The molecule has 0 N–H and O–H groups in total. The first kappa shape index (κ1) is 15.7. The van der Waals surface area contributed by atoms with Gasteiger partial charge in [0.2, 0.25) is 0 Å². The van der Waals surface area contributed by atoms with Crippen molar-refractivity contribution in [1.29, 1.82) is 5.26 Å². The zero-order chi connectivity index (χ0) is 15.1. The van der Waals surface area contributed by atoms with E-state index in [4.69, 9.17) is 14.7 Å². The van der Waals surface area contributed by atoms with Crippen LogP contribution < -0.4 is 9.47 Å². The number of rotatable bonds is 6. The van der Waals surface area contributed by atoms with E-state index >= 15 is 0 Å². The first-order valence-corrected chi connectivity index (χ1v) is 5.73. The van der Waals surface area contributed by atoms with E-state index in [1.807, 2.05) is 0 Å². The molecule has 1 rings (SSSR count). The van der Waals surface area contributed by atoms with Crippen molar-refractivity contribution in [2.24, 2.45) is 0 Å². The molecule has 0 aliphatic rings. The maximum atomic E-state index is 12.3. The van der Waals surface area contributed by atoms with E-state index in [0.717, 1.165) is 0 Å². The first-order valence-electron chi connectivity index (χ1n) is 5.73. The molecular weight excluding hydrogens is 272 g/mol. The van der Waals surface area contributed by atoms with Crippen LogP contribution in [0.5, 0.6) is 11.5 Å². The molecule has 5 nitrogen and oxygen atoms in total. The number of benzene rings is 1. The van der Waals surface area contributed by atoms with Gasteiger partial charge in [0, 0.05) is 6.07 Å². The number of ether oxygens (including phenoxy) is 3. The fraction of sp³-hybridized carbons (Fsp3) is 0.385. The molecule has 0 fully saturated rings.